The summed E-state index contributed by atoms with van der Waals surface area (Å²) >= 11 is 0. The van der Waals surface area contributed by atoms with Gasteiger partial charge in [-0.3, -0.25) is 9.79 Å². The van der Waals surface area contributed by atoms with Crippen molar-refractivity contribution in [2.45, 2.75) is 13.3 Å². The zero-order valence-corrected chi connectivity index (χ0v) is 11.6. The van der Waals surface area contributed by atoms with Crippen molar-refractivity contribution in [3.05, 3.63) is 53.9 Å². The smallest absolute Gasteiger partial charge is 0.303 e. The second-order valence-electron chi connectivity index (χ2n) is 5.06. The summed E-state index contributed by atoms with van der Waals surface area (Å²) in [6.07, 6.45) is 7.90. The molecule has 1 unspecified atom stereocenters. The second-order valence-corrected chi connectivity index (χ2v) is 5.06. The number of urea groups is 1. The zero-order chi connectivity index (χ0) is 14.8. The van der Waals surface area contributed by atoms with E-state index >= 15 is 0 Å². The number of anilines is 1. The van der Waals surface area contributed by atoms with Gasteiger partial charge >= 0.3 is 6.03 Å². The van der Waals surface area contributed by atoms with E-state index in [-0.39, 0.29) is 11.8 Å². The molecule has 106 valence electrons. The Hall–Kier alpha value is -2.69. The first-order chi connectivity index (χ1) is 10.1. The van der Waals surface area contributed by atoms with E-state index in [0.717, 1.165) is 16.9 Å². The summed E-state index contributed by atoms with van der Waals surface area (Å²) in [5, 5.41) is 2.63. The van der Waals surface area contributed by atoms with Gasteiger partial charge in [-0.25, -0.2) is 9.69 Å². The molecule has 21 heavy (non-hydrogen) atoms. The number of allylic oxidation sites excluding steroid dienone is 2. The maximum absolute atomic E-state index is 12.4. The minimum absolute atomic E-state index is 0.0831. The van der Waals surface area contributed by atoms with E-state index in [1.54, 1.807) is 30.6 Å². The van der Waals surface area contributed by atoms with Gasteiger partial charge in [-0.05, 0) is 31.6 Å². The van der Waals surface area contributed by atoms with Gasteiger partial charge in [-0.2, -0.15) is 0 Å². The summed E-state index contributed by atoms with van der Waals surface area (Å²) < 4.78 is 0. The largest absolute Gasteiger partial charge is 0.333 e. The lowest BCUT2D eigenvalue weighted by Gasteiger charge is -2.12. The van der Waals surface area contributed by atoms with E-state index < -0.39 is 6.03 Å². The van der Waals surface area contributed by atoms with Crippen LogP contribution >= 0.6 is 0 Å². The molecule has 0 radical (unpaired) electrons. The molecular weight excluding hydrogens is 266 g/mol. The minimum Gasteiger partial charge on any atom is -0.303 e. The number of carbonyl (C=O) groups is 2. The molecule has 2 heterocycles. The predicted molar refractivity (Wildman–Crippen MR) is 81.0 cm³/mol. The molecule has 1 aromatic rings. The van der Waals surface area contributed by atoms with Gasteiger partial charge in [0.05, 0.1) is 5.69 Å². The molecular formula is C16H15N3O2. The van der Waals surface area contributed by atoms with Gasteiger partial charge in [0.1, 0.15) is 5.70 Å². The maximum Gasteiger partial charge on any atom is 0.333 e. The minimum atomic E-state index is -0.413. The molecule has 2 aliphatic heterocycles. The van der Waals surface area contributed by atoms with Crippen LogP contribution in [0, 0.1) is 12.8 Å². The topological polar surface area (TPSA) is 61.8 Å². The number of aryl methyl sites for hydroxylation is 1. The summed E-state index contributed by atoms with van der Waals surface area (Å²) in [4.78, 5) is 29.6. The fraction of sp³-hybridized carbons (Fsp3) is 0.188. The molecule has 1 atom stereocenters. The highest BCUT2D eigenvalue weighted by molar-refractivity contribution is 6.26. The summed E-state index contributed by atoms with van der Waals surface area (Å²) in [6.45, 7) is 1.96. The van der Waals surface area contributed by atoms with Crippen LogP contribution in [0.2, 0.25) is 0 Å². The Morgan fingerprint density at radius 1 is 1.29 bits per heavy atom. The Kier molecular flexibility index (Phi) is 3.39. The Labute approximate surface area is 122 Å². The molecule has 2 aliphatic rings. The number of imide groups is 1. The van der Waals surface area contributed by atoms with Gasteiger partial charge in [-0.15, -0.1) is 0 Å². The van der Waals surface area contributed by atoms with Crippen LogP contribution < -0.4 is 10.2 Å². The predicted octanol–water partition coefficient (Wildman–Crippen LogP) is 2.54. The number of amides is 3. The van der Waals surface area contributed by atoms with E-state index in [1.165, 1.54) is 0 Å². The van der Waals surface area contributed by atoms with Crippen LogP contribution in [0.3, 0.4) is 0 Å². The van der Waals surface area contributed by atoms with Crippen molar-refractivity contribution in [2.75, 3.05) is 4.90 Å². The highest BCUT2D eigenvalue weighted by Crippen LogP contribution is 2.23. The number of hydrogen-bond donors (Lipinski definition) is 1. The highest BCUT2D eigenvalue weighted by atomic mass is 16.2. The Bertz CT molecular complexity index is 671. The third-order valence-electron chi connectivity index (χ3n) is 3.45. The maximum atomic E-state index is 12.4. The van der Waals surface area contributed by atoms with Crippen molar-refractivity contribution >= 4 is 23.8 Å². The molecule has 5 heteroatoms. The lowest BCUT2D eigenvalue weighted by Crippen LogP contribution is -2.30. The summed E-state index contributed by atoms with van der Waals surface area (Å²) in [5.41, 5.74) is 1.98. The summed E-state index contributed by atoms with van der Waals surface area (Å²) in [6, 6.07) is 6.87. The van der Waals surface area contributed by atoms with E-state index in [1.807, 2.05) is 25.1 Å². The van der Waals surface area contributed by atoms with E-state index in [0.29, 0.717) is 11.4 Å². The summed E-state index contributed by atoms with van der Waals surface area (Å²) in [7, 11) is 0. The SMILES string of the molecule is Cc1ccc(N2C(=O)NC(=CC3C=CN=CC3)C2=O)cc1. The number of benzene rings is 1. The molecule has 0 spiro atoms. The van der Waals surface area contributed by atoms with Crippen molar-refractivity contribution in [1.29, 1.82) is 0 Å². The van der Waals surface area contributed by atoms with Crippen molar-refractivity contribution in [3.63, 3.8) is 0 Å². The van der Waals surface area contributed by atoms with E-state index in [2.05, 4.69) is 10.3 Å². The molecule has 5 nitrogen and oxygen atoms in total. The lowest BCUT2D eigenvalue weighted by atomic mass is 10.0. The number of nitrogens with one attached hydrogen (secondary N) is 1. The van der Waals surface area contributed by atoms with Crippen LogP contribution in [-0.2, 0) is 4.79 Å². The standard InChI is InChI=1S/C16H15N3O2/c1-11-2-4-13(5-3-11)19-15(20)14(18-16(19)21)10-12-6-8-17-9-7-12/h2-6,8-10,12H,7H2,1H3,(H,18,21). The van der Waals surface area contributed by atoms with E-state index in [4.69, 9.17) is 0 Å². The van der Waals surface area contributed by atoms with Gasteiger partial charge < -0.3 is 5.32 Å². The van der Waals surface area contributed by atoms with E-state index in [9.17, 15) is 9.59 Å². The van der Waals surface area contributed by atoms with Gasteiger partial charge in [-0.1, -0.05) is 23.8 Å². The first kappa shape index (κ1) is 13.3. The van der Waals surface area contributed by atoms with Crippen LogP contribution in [0.1, 0.15) is 12.0 Å². The van der Waals surface area contributed by atoms with Crippen LogP contribution in [0.25, 0.3) is 0 Å². The Balaban J connectivity index is 1.85. The lowest BCUT2D eigenvalue weighted by molar-refractivity contribution is -0.113. The number of carbonyl (C=O) groups excluding carboxylic acids is 2. The van der Waals surface area contributed by atoms with Crippen LogP contribution in [0.15, 0.2) is 53.3 Å². The van der Waals surface area contributed by atoms with Gasteiger partial charge in [0.2, 0.25) is 0 Å². The molecule has 0 aromatic heterocycles. The van der Waals surface area contributed by atoms with Crippen molar-refractivity contribution in [1.82, 2.24) is 5.32 Å². The molecule has 1 N–H and O–H groups in total. The molecule has 0 aliphatic carbocycles. The second kappa shape index (κ2) is 5.36. The van der Waals surface area contributed by atoms with Crippen LogP contribution in [0.4, 0.5) is 10.5 Å². The first-order valence-electron chi connectivity index (χ1n) is 6.77. The molecule has 0 saturated carbocycles. The van der Waals surface area contributed by atoms with Crippen LogP contribution in [0.5, 0.6) is 0 Å². The number of rotatable bonds is 2. The molecule has 3 amide bonds. The molecule has 1 fully saturated rings. The molecule has 1 aromatic carbocycles. The first-order valence-corrected chi connectivity index (χ1v) is 6.77. The average Bonchev–Trinajstić information content (AvgIpc) is 2.76. The number of hydrogen-bond acceptors (Lipinski definition) is 3. The van der Waals surface area contributed by atoms with Gasteiger partial charge in [0.25, 0.3) is 5.91 Å². The van der Waals surface area contributed by atoms with Gasteiger partial charge in [0, 0.05) is 18.3 Å². The fourth-order valence-corrected chi connectivity index (χ4v) is 2.30. The fourth-order valence-electron chi connectivity index (χ4n) is 2.30. The van der Waals surface area contributed by atoms with Crippen molar-refractivity contribution in [2.24, 2.45) is 10.9 Å². The number of nitrogens with zero attached hydrogens (tertiary/aromatic N) is 2. The number of aliphatic imine (C=N–C) groups is 1. The van der Waals surface area contributed by atoms with Gasteiger partial charge in [0.15, 0.2) is 0 Å². The van der Waals surface area contributed by atoms with Crippen LogP contribution in [-0.4, -0.2) is 18.2 Å². The molecule has 0 bridgehead atoms. The highest BCUT2D eigenvalue weighted by Gasteiger charge is 2.35. The Morgan fingerprint density at radius 2 is 2.05 bits per heavy atom. The Morgan fingerprint density at radius 3 is 2.71 bits per heavy atom. The zero-order valence-electron chi connectivity index (χ0n) is 11.6. The quantitative estimate of drug-likeness (QED) is 0.669. The molecule has 3 rings (SSSR count). The average molecular weight is 281 g/mol. The van der Waals surface area contributed by atoms with Crippen molar-refractivity contribution < 1.29 is 9.59 Å². The summed E-state index contributed by atoms with van der Waals surface area (Å²) in [5.74, 6) is -0.237. The third kappa shape index (κ3) is 2.63. The van der Waals surface area contributed by atoms with Crippen molar-refractivity contribution in [3.8, 4) is 0 Å². The third-order valence-corrected chi connectivity index (χ3v) is 3.45. The molecule has 1 saturated heterocycles. The monoisotopic (exact) mass is 281 g/mol. The normalized spacial score (nSPS) is 23.0.